The Hall–Kier alpha value is -1.02. The van der Waals surface area contributed by atoms with Crippen LogP contribution in [-0.4, -0.2) is 13.0 Å². The van der Waals surface area contributed by atoms with Gasteiger partial charge in [-0.15, -0.1) is 0 Å². The van der Waals surface area contributed by atoms with Gasteiger partial charge in [-0.25, -0.2) is 0 Å². The average molecular weight is 182 g/mol. The molecule has 3 heteroatoms. The van der Waals surface area contributed by atoms with E-state index in [1.54, 1.807) is 25.2 Å². The van der Waals surface area contributed by atoms with Crippen molar-refractivity contribution in [2.24, 2.45) is 0 Å². The molecule has 62 valence electrons. The molecule has 1 N–H and O–H groups in total. The molecule has 0 saturated heterocycles. The highest BCUT2D eigenvalue weighted by Gasteiger charge is 2.07. The zero-order chi connectivity index (χ0) is 9.14. The predicted molar refractivity (Wildman–Crippen MR) is 48.2 cm³/mol. The third kappa shape index (κ3) is 1.77. The molecule has 2 radical (unpaired) electrons. The maximum Gasteiger partial charge on any atom is 0.252 e. The Morgan fingerprint density at radius 1 is 1.58 bits per heavy atom. The number of amides is 1. The van der Waals surface area contributed by atoms with Crippen LogP contribution in [0.5, 0.6) is 0 Å². The molecule has 12 heavy (non-hydrogen) atoms. The molecule has 0 aliphatic rings. The summed E-state index contributed by atoms with van der Waals surface area (Å²) < 4.78 is 0. The summed E-state index contributed by atoms with van der Waals surface area (Å²) >= 11 is 5.75. The van der Waals surface area contributed by atoms with E-state index in [1.807, 2.05) is 0 Å². The van der Waals surface area contributed by atoms with Gasteiger partial charge in [-0.3, -0.25) is 4.79 Å². The van der Waals surface area contributed by atoms with Gasteiger partial charge in [0.2, 0.25) is 0 Å². The topological polar surface area (TPSA) is 29.1 Å². The Morgan fingerprint density at radius 2 is 2.25 bits per heavy atom. The van der Waals surface area contributed by atoms with Gasteiger partial charge in [0, 0.05) is 7.05 Å². The van der Waals surface area contributed by atoms with Crippen LogP contribution in [0.4, 0.5) is 0 Å². The lowest BCUT2D eigenvalue weighted by Gasteiger charge is -2.02. The van der Waals surface area contributed by atoms with E-state index in [1.165, 1.54) is 0 Å². The van der Waals surface area contributed by atoms with E-state index in [4.69, 9.17) is 18.5 Å². The van der Waals surface area contributed by atoms with E-state index < -0.39 is 0 Å². The SMILES string of the molecule is [CH]c1ccc(Cl)c(C(=O)NC)c1. The van der Waals surface area contributed by atoms with E-state index in [9.17, 15) is 4.79 Å². The van der Waals surface area contributed by atoms with Gasteiger partial charge < -0.3 is 5.32 Å². The van der Waals surface area contributed by atoms with Gasteiger partial charge in [-0.1, -0.05) is 17.7 Å². The van der Waals surface area contributed by atoms with Gasteiger partial charge in [0.1, 0.15) is 0 Å². The van der Waals surface area contributed by atoms with E-state index >= 15 is 0 Å². The third-order valence-electron chi connectivity index (χ3n) is 1.46. The Labute approximate surface area is 76.5 Å². The van der Waals surface area contributed by atoms with Crippen molar-refractivity contribution in [2.75, 3.05) is 7.05 Å². The number of hydrogen-bond acceptors (Lipinski definition) is 1. The lowest BCUT2D eigenvalue weighted by Crippen LogP contribution is -2.18. The van der Waals surface area contributed by atoms with Crippen LogP contribution in [0.3, 0.4) is 0 Å². The minimum Gasteiger partial charge on any atom is -0.355 e. The summed E-state index contributed by atoms with van der Waals surface area (Å²) in [5.74, 6) is -0.229. The normalized spacial score (nSPS) is 9.58. The molecule has 0 atom stereocenters. The second-order valence-electron chi connectivity index (χ2n) is 2.32. The largest absolute Gasteiger partial charge is 0.355 e. The minimum atomic E-state index is -0.229. The van der Waals surface area contributed by atoms with Crippen LogP contribution in [0.1, 0.15) is 15.9 Å². The highest BCUT2D eigenvalue weighted by atomic mass is 35.5. The van der Waals surface area contributed by atoms with E-state index in [0.717, 1.165) is 0 Å². The summed E-state index contributed by atoms with van der Waals surface area (Å²) in [6, 6.07) is 4.79. The molecule has 2 nitrogen and oxygen atoms in total. The monoisotopic (exact) mass is 181 g/mol. The fourth-order valence-electron chi connectivity index (χ4n) is 0.852. The van der Waals surface area contributed by atoms with Crippen molar-refractivity contribution in [2.45, 2.75) is 0 Å². The smallest absolute Gasteiger partial charge is 0.252 e. The number of carbonyl (C=O) groups is 1. The lowest BCUT2D eigenvalue weighted by atomic mass is 10.1. The van der Waals surface area contributed by atoms with Gasteiger partial charge in [-0.2, -0.15) is 0 Å². The molecule has 0 aromatic heterocycles. The molecule has 0 spiro atoms. The molecule has 0 saturated carbocycles. The van der Waals surface area contributed by atoms with Crippen molar-refractivity contribution in [1.29, 1.82) is 0 Å². The molecule has 1 rings (SSSR count). The second kappa shape index (κ2) is 3.59. The van der Waals surface area contributed by atoms with Gasteiger partial charge in [0.25, 0.3) is 5.91 Å². The molecule has 0 heterocycles. The fourth-order valence-corrected chi connectivity index (χ4v) is 1.05. The van der Waals surface area contributed by atoms with Crippen molar-refractivity contribution < 1.29 is 4.79 Å². The zero-order valence-corrected chi connectivity index (χ0v) is 7.35. The second-order valence-corrected chi connectivity index (χ2v) is 2.73. The average Bonchev–Trinajstić information content (AvgIpc) is 2.08. The number of hydrogen-bond donors (Lipinski definition) is 1. The molecule has 1 aromatic carbocycles. The summed E-state index contributed by atoms with van der Waals surface area (Å²) in [7, 11) is 1.54. The van der Waals surface area contributed by atoms with Gasteiger partial charge >= 0.3 is 0 Å². The van der Waals surface area contributed by atoms with E-state index in [-0.39, 0.29) is 5.91 Å². The van der Waals surface area contributed by atoms with E-state index in [2.05, 4.69) is 5.32 Å². The van der Waals surface area contributed by atoms with Gasteiger partial charge in [0.05, 0.1) is 10.6 Å². The van der Waals surface area contributed by atoms with Crippen LogP contribution in [0.15, 0.2) is 18.2 Å². The summed E-state index contributed by atoms with van der Waals surface area (Å²) in [6.45, 7) is 5.48. The van der Waals surface area contributed by atoms with Crippen molar-refractivity contribution >= 4 is 17.5 Å². The standard InChI is InChI=1S/C9H8ClNO/c1-6-3-4-8(10)7(5-6)9(12)11-2/h1,3-5H,2H3,(H,11,12). The zero-order valence-electron chi connectivity index (χ0n) is 6.60. The Balaban J connectivity index is 3.13. The third-order valence-corrected chi connectivity index (χ3v) is 1.79. The first-order chi connectivity index (χ1) is 5.65. The number of benzene rings is 1. The Morgan fingerprint density at radius 3 is 2.83 bits per heavy atom. The fraction of sp³-hybridized carbons (Fsp3) is 0.111. The molecule has 0 bridgehead atoms. The number of nitrogens with one attached hydrogen (secondary N) is 1. The van der Waals surface area contributed by atoms with Crippen molar-refractivity contribution in [3.05, 3.63) is 41.3 Å². The molecule has 0 aliphatic heterocycles. The minimum absolute atomic E-state index is 0.229. The van der Waals surface area contributed by atoms with Crippen LogP contribution < -0.4 is 5.32 Å². The highest BCUT2D eigenvalue weighted by molar-refractivity contribution is 6.33. The maximum atomic E-state index is 11.1. The molecule has 0 aliphatic carbocycles. The number of carbonyl (C=O) groups excluding carboxylic acids is 1. The van der Waals surface area contributed by atoms with Crippen LogP contribution >= 0.6 is 11.6 Å². The Kier molecular flexibility index (Phi) is 2.71. The summed E-state index contributed by atoms with van der Waals surface area (Å²) in [5.41, 5.74) is 0.928. The molecule has 1 aromatic rings. The first kappa shape index (κ1) is 9.07. The summed E-state index contributed by atoms with van der Waals surface area (Å²) in [6.07, 6.45) is 0. The molecule has 0 fully saturated rings. The number of rotatable bonds is 1. The number of halogens is 1. The van der Waals surface area contributed by atoms with Crippen LogP contribution in [0.2, 0.25) is 5.02 Å². The summed E-state index contributed by atoms with van der Waals surface area (Å²) in [4.78, 5) is 11.1. The van der Waals surface area contributed by atoms with E-state index in [0.29, 0.717) is 16.1 Å². The van der Waals surface area contributed by atoms with Crippen molar-refractivity contribution in [3.8, 4) is 0 Å². The van der Waals surface area contributed by atoms with Crippen LogP contribution in [-0.2, 0) is 0 Å². The maximum absolute atomic E-state index is 11.1. The molecular weight excluding hydrogens is 174 g/mol. The van der Waals surface area contributed by atoms with Crippen molar-refractivity contribution in [3.63, 3.8) is 0 Å². The summed E-state index contributed by atoms with van der Waals surface area (Å²) in [5, 5.41) is 2.88. The Bertz CT molecular complexity index is 309. The van der Waals surface area contributed by atoms with Crippen molar-refractivity contribution in [1.82, 2.24) is 5.32 Å². The molecular formula is C9H8ClNO. The first-order valence-corrected chi connectivity index (χ1v) is 3.80. The predicted octanol–water partition coefficient (Wildman–Crippen LogP) is 1.76. The lowest BCUT2D eigenvalue weighted by molar-refractivity contribution is 0.0963. The quantitative estimate of drug-likeness (QED) is 0.703. The molecule has 1 amide bonds. The van der Waals surface area contributed by atoms with Crippen LogP contribution in [0, 0.1) is 6.92 Å². The first-order valence-electron chi connectivity index (χ1n) is 3.42. The van der Waals surface area contributed by atoms with Crippen LogP contribution in [0.25, 0.3) is 0 Å². The highest BCUT2D eigenvalue weighted by Crippen LogP contribution is 2.16. The molecule has 0 unspecified atom stereocenters. The van der Waals surface area contributed by atoms with Gasteiger partial charge in [-0.05, 0) is 24.6 Å². The van der Waals surface area contributed by atoms with Gasteiger partial charge in [0.15, 0.2) is 0 Å².